The Balaban J connectivity index is 2.94. The van der Waals surface area contributed by atoms with Crippen molar-refractivity contribution in [2.45, 2.75) is 38.0 Å². The lowest BCUT2D eigenvalue weighted by Gasteiger charge is -2.28. The van der Waals surface area contributed by atoms with E-state index in [0.717, 1.165) is 19.5 Å². The molecule has 0 spiro atoms. The topological polar surface area (TPSA) is 64.4 Å². The predicted molar refractivity (Wildman–Crippen MR) is 66.9 cm³/mol. The summed E-state index contributed by atoms with van der Waals surface area (Å²) in [7, 11) is -1.48. The average Bonchev–Trinajstić information content (AvgIpc) is 2.40. The van der Waals surface area contributed by atoms with Gasteiger partial charge in [0.15, 0.2) is 5.25 Å². The fraction of sp³-hybridized carbons (Fsp3) is 0.909. The van der Waals surface area contributed by atoms with E-state index in [2.05, 4.69) is 4.90 Å². The quantitative estimate of drug-likeness (QED) is 0.746. The van der Waals surface area contributed by atoms with Crippen LogP contribution in [0, 0.1) is 11.3 Å². The van der Waals surface area contributed by atoms with Crippen molar-refractivity contribution in [2.24, 2.45) is 0 Å². The Bertz CT molecular complexity index is 388. The van der Waals surface area contributed by atoms with Crippen LogP contribution in [0.5, 0.6) is 0 Å². The van der Waals surface area contributed by atoms with Crippen LogP contribution in [0.25, 0.3) is 0 Å². The van der Waals surface area contributed by atoms with Crippen molar-refractivity contribution in [1.29, 1.82) is 5.26 Å². The molecule has 1 fully saturated rings. The molecule has 0 saturated carbocycles. The summed E-state index contributed by atoms with van der Waals surface area (Å²) >= 11 is 0. The lowest BCUT2D eigenvalue weighted by molar-refractivity contribution is 0.289. The molecule has 1 rings (SSSR count). The molecule has 5 nitrogen and oxygen atoms in total. The highest BCUT2D eigenvalue weighted by molar-refractivity contribution is 7.90. The van der Waals surface area contributed by atoms with Crippen LogP contribution >= 0.6 is 0 Å². The highest BCUT2D eigenvalue weighted by atomic mass is 32.2. The zero-order chi connectivity index (χ0) is 13.1. The van der Waals surface area contributed by atoms with Gasteiger partial charge >= 0.3 is 0 Å². The van der Waals surface area contributed by atoms with Crippen molar-refractivity contribution < 1.29 is 8.42 Å². The summed E-state index contributed by atoms with van der Waals surface area (Å²) in [6.07, 6.45) is 1.17. The van der Waals surface area contributed by atoms with Gasteiger partial charge in [-0.15, -0.1) is 0 Å². The van der Waals surface area contributed by atoms with Crippen LogP contribution in [0.1, 0.15) is 26.7 Å². The lowest BCUT2D eigenvalue weighted by Crippen LogP contribution is -2.45. The molecule has 0 bridgehead atoms. The van der Waals surface area contributed by atoms with Crippen molar-refractivity contribution >= 4 is 10.0 Å². The third kappa shape index (κ3) is 3.18. The SMILES string of the molecule is CCC(C#N)S(=O)(=O)N1CCCN(C)CC1C. The molecular formula is C11H21N3O2S. The summed E-state index contributed by atoms with van der Waals surface area (Å²) in [6.45, 7) is 5.79. The number of nitrogens with zero attached hydrogens (tertiary/aromatic N) is 3. The van der Waals surface area contributed by atoms with Gasteiger partial charge in [-0.1, -0.05) is 6.92 Å². The summed E-state index contributed by atoms with van der Waals surface area (Å²) in [5.41, 5.74) is 0. The molecule has 2 atom stereocenters. The van der Waals surface area contributed by atoms with Crippen LogP contribution in [-0.4, -0.2) is 55.6 Å². The maximum absolute atomic E-state index is 12.3. The van der Waals surface area contributed by atoms with E-state index in [0.29, 0.717) is 13.0 Å². The molecule has 1 aliphatic rings. The summed E-state index contributed by atoms with van der Waals surface area (Å²) in [5, 5.41) is 8.03. The first-order chi connectivity index (χ1) is 7.93. The van der Waals surface area contributed by atoms with Crippen LogP contribution in [0.4, 0.5) is 0 Å². The minimum absolute atomic E-state index is 0.0603. The average molecular weight is 259 g/mol. The van der Waals surface area contributed by atoms with Gasteiger partial charge in [-0.3, -0.25) is 0 Å². The summed E-state index contributed by atoms with van der Waals surface area (Å²) in [5.74, 6) is 0. The number of rotatable bonds is 3. The number of nitriles is 1. The third-order valence-corrected chi connectivity index (χ3v) is 5.54. The summed E-state index contributed by atoms with van der Waals surface area (Å²) in [6, 6.07) is 1.84. The van der Waals surface area contributed by atoms with E-state index in [9.17, 15) is 8.42 Å². The molecule has 2 unspecified atom stereocenters. The molecule has 0 radical (unpaired) electrons. The maximum Gasteiger partial charge on any atom is 0.230 e. The van der Waals surface area contributed by atoms with Crippen molar-refractivity contribution in [3.8, 4) is 6.07 Å². The smallest absolute Gasteiger partial charge is 0.230 e. The first-order valence-electron chi connectivity index (χ1n) is 6.02. The Morgan fingerprint density at radius 3 is 2.65 bits per heavy atom. The molecular weight excluding hydrogens is 238 g/mol. The zero-order valence-corrected chi connectivity index (χ0v) is 11.6. The number of hydrogen-bond acceptors (Lipinski definition) is 4. The van der Waals surface area contributed by atoms with Crippen LogP contribution in [-0.2, 0) is 10.0 Å². The molecule has 1 saturated heterocycles. The Morgan fingerprint density at radius 1 is 1.47 bits per heavy atom. The fourth-order valence-corrected chi connectivity index (χ4v) is 4.09. The molecule has 0 aromatic carbocycles. The van der Waals surface area contributed by atoms with Gasteiger partial charge in [-0.05, 0) is 33.4 Å². The van der Waals surface area contributed by atoms with E-state index >= 15 is 0 Å². The van der Waals surface area contributed by atoms with Crippen LogP contribution in [0.15, 0.2) is 0 Å². The van der Waals surface area contributed by atoms with Crippen molar-refractivity contribution in [1.82, 2.24) is 9.21 Å². The number of sulfonamides is 1. The first-order valence-corrected chi connectivity index (χ1v) is 7.52. The van der Waals surface area contributed by atoms with Crippen molar-refractivity contribution in [2.75, 3.05) is 26.7 Å². The van der Waals surface area contributed by atoms with Crippen LogP contribution < -0.4 is 0 Å². The van der Waals surface area contributed by atoms with Gasteiger partial charge in [0.05, 0.1) is 6.07 Å². The molecule has 1 heterocycles. The number of likely N-dealkylation sites (N-methyl/N-ethyl adjacent to an activating group) is 1. The van der Waals surface area contributed by atoms with E-state index in [1.54, 1.807) is 6.92 Å². The summed E-state index contributed by atoms with van der Waals surface area (Å²) in [4.78, 5) is 2.13. The van der Waals surface area contributed by atoms with E-state index < -0.39 is 15.3 Å². The monoisotopic (exact) mass is 259 g/mol. The van der Waals surface area contributed by atoms with E-state index in [-0.39, 0.29) is 6.04 Å². The Kier molecular flexibility index (Phi) is 4.92. The second-order valence-electron chi connectivity index (χ2n) is 4.65. The van der Waals surface area contributed by atoms with Crippen molar-refractivity contribution in [3.63, 3.8) is 0 Å². The van der Waals surface area contributed by atoms with Gasteiger partial charge in [0.1, 0.15) is 0 Å². The standard InChI is InChI=1S/C11H21N3O2S/c1-4-11(8-12)17(15,16)14-7-5-6-13(3)9-10(14)2/h10-11H,4-7,9H2,1-3H3. The van der Waals surface area contributed by atoms with Crippen molar-refractivity contribution in [3.05, 3.63) is 0 Å². The molecule has 1 aliphatic heterocycles. The van der Waals surface area contributed by atoms with Gasteiger partial charge in [0, 0.05) is 19.1 Å². The van der Waals surface area contributed by atoms with Gasteiger partial charge in [0.2, 0.25) is 10.0 Å². The van der Waals surface area contributed by atoms with E-state index in [1.807, 2.05) is 20.0 Å². The van der Waals surface area contributed by atoms with Gasteiger partial charge in [0.25, 0.3) is 0 Å². The molecule has 0 amide bonds. The van der Waals surface area contributed by atoms with Crippen LogP contribution in [0.2, 0.25) is 0 Å². The molecule has 0 aromatic heterocycles. The van der Waals surface area contributed by atoms with Crippen LogP contribution in [0.3, 0.4) is 0 Å². The van der Waals surface area contributed by atoms with E-state index in [1.165, 1.54) is 4.31 Å². The molecule has 6 heteroatoms. The normalized spacial score (nSPS) is 26.1. The second-order valence-corrected chi connectivity index (χ2v) is 6.71. The predicted octanol–water partition coefficient (Wildman–Crippen LogP) is 0.644. The highest BCUT2D eigenvalue weighted by Crippen LogP contribution is 2.18. The zero-order valence-electron chi connectivity index (χ0n) is 10.8. The van der Waals surface area contributed by atoms with Gasteiger partial charge < -0.3 is 4.90 Å². The maximum atomic E-state index is 12.3. The largest absolute Gasteiger partial charge is 0.305 e. The Hall–Kier alpha value is -0.640. The molecule has 17 heavy (non-hydrogen) atoms. The first kappa shape index (κ1) is 14.4. The van der Waals surface area contributed by atoms with E-state index in [4.69, 9.17) is 5.26 Å². The summed E-state index contributed by atoms with van der Waals surface area (Å²) < 4.78 is 26.1. The Labute approximate surface area is 104 Å². The molecule has 0 aliphatic carbocycles. The van der Waals surface area contributed by atoms with Gasteiger partial charge in [-0.25, -0.2) is 8.42 Å². The minimum atomic E-state index is -3.47. The molecule has 0 N–H and O–H groups in total. The molecule has 98 valence electrons. The lowest BCUT2D eigenvalue weighted by atomic mass is 10.3. The van der Waals surface area contributed by atoms with Gasteiger partial charge in [-0.2, -0.15) is 9.57 Å². The highest BCUT2D eigenvalue weighted by Gasteiger charge is 2.35. The molecule has 0 aromatic rings. The second kappa shape index (κ2) is 5.80. The third-order valence-electron chi connectivity index (χ3n) is 3.19. The minimum Gasteiger partial charge on any atom is -0.305 e. The fourth-order valence-electron chi connectivity index (χ4n) is 2.26. The Morgan fingerprint density at radius 2 is 2.12 bits per heavy atom. The number of hydrogen-bond donors (Lipinski definition) is 0.